The van der Waals surface area contributed by atoms with Gasteiger partial charge < -0.3 is 34.5 Å². The van der Waals surface area contributed by atoms with Crippen LogP contribution in [-0.2, 0) is 14.3 Å². The standard InChI is InChI=1S/C29H37FN6O7/c1-29(2,3)42-28(40)35-8-6-16(7-9-35)21-11-19(43-33-21)12-23-26(38)25(27(39)24(15-37)41-23)36-14-22(32-34-36)17-4-5-18(13-31)20(30)10-17/h4-5,10,14,16,19,23-27,37-39H,6-9,11-12,15H2,1-3H3/t19?,23-,24-,25-,26+,27+/m1/s1. The van der Waals surface area contributed by atoms with Gasteiger partial charge in [-0.05, 0) is 45.7 Å². The van der Waals surface area contributed by atoms with Crippen molar-refractivity contribution in [2.75, 3.05) is 19.7 Å². The molecule has 5 rings (SSSR count). The largest absolute Gasteiger partial charge is 0.444 e. The molecule has 6 atom stereocenters. The van der Waals surface area contributed by atoms with Crippen molar-refractivity contribution in [3.05, 3.63) is 35.8 Å². The van der Waals surface area contributed by atoms with Gasteiger partial charge in [0.05, 0.1) is 30.2 Å². The number of hydrogen-bond acceptors (Lipinski definition) is 11. The van der Waals surface area contributed by atoms with E-state index in [0.717, 1.165) is 18.6 Å². The van der Waals surface area contributed by atoms with Crippen molar-refractivity contribution in [2.45, 2.75) is 88.6 Å². The third-order valence-electron chi connectivity index (χ3n) is 8.06. The van der Waals surface area contributed by atoms with Gasteiger partial charge in [0.25, 0.3) is 0 Å². The summed E-state index contributed by atoms with van der Waals surface area (Å²) in [5, 5.41) is 53.6. The fourth-order valence-electron chi connectivity index (χ4n) is 5.80. The summed E-state index contributed by atoms with van der Waals surface area (Å²) in [4.78, 5) is 19.8. The van der Waals surface area contributed by atoms with E-state index in [1.54, 1.807) is 11.0 Å². The van der Waals surface area contributed by atoms with Gasteiger partial charge in [-0.25, -0.2) is 13.9 Å². The van der Waals surface area contributed by atoms with E-state index in [2.05, 4.69) is 15.5 Å². The number of halogens is 1. The first kappa shape index (κ1) is 30.8. The molecule has 4 heterocycles. The van der Waals surface area contributed by atoms with Gasteiger partial charge in [0, 0.05) is 37.4 Å². The molecule has 1 aromatic heterocycles. The van der Waals surface area contributed by atoms with E-state index in [1.165, 1.54) is 29.1 Å². The molecule has 0 aliphatic carbocycles. The average Bonchev–Trinajstić information content (AvgIpc) is 3.64. The molecular formula is C29H37FN6O7. The molecule has 1 aromatic carbocycles. The van der Waals surface area contributed by atoms with E-state index in [0.29, 0.717) is 25.1 Å². The molecule has 3 N–H and O–H groups in total. The van der Waals surface area contributed by atoms with Crippen LogP contribution in [0.2, 0.25) is 0 Å². The Kier molecular flexibility index (Phi) is 8.98. The van der Waals surface area contributed by atoms with Crippen LogP contribution in [0.15, 0.2) is 29.6 Å². The Bertz CT molecular complexity index is 1380. The summed E-state index contributed by atoms with van der Waals surface area (Å²) in [6, 6.07) is 4.78. The lowest BCUT2D eigenvalue weighted by Gasteiger charge is -2.42. The molecule has 13 nitrogen and oxygen atoms in total. The third kappa shape index (κ3) is 6.80. The smallest absolute Gasteiger partial charge is 0.410 e. The van der Waals surface area contributed by atoms with Gasteiger partial charge in [-0.3, -0.25) is 0 Å². The minimum Gasteiger partial charge on any atom is -0.444 e. The van der Waals surface area contributed by atoms with Crippen LogP contribution in [0, 0.1) is 23.1 Å². The van der Waals surface area contributed by atoms with Gasteiger partial charge >= 0.3 is 6.09 Å². The second-order valence-electron chi connectivity index (χ2n) is 12.2. The van der Waals surface area contributed by atoms with E-state index in [-0.39, 0.29) is 35.8 Å². The molecule has 0 bridgehead atoms. The fourth-order valence-corrected chi connectivity index (χ4v) is 5.80. The van der Waals surface area contributed by atoms with E-state index in [9.17, 15) is 24.5 Å². The SMILES string of the molecule is CC(C)(C)OC(=O)N1CCC(C2=NOC(C[C@H]3O[C@H](CO)[C@H](O)[C@H](n4cc(-c5ccc(C#N)c(F)c5)nn4)[C@H]3O)C2)CC1. The Labute approximate surface area is 248 Å². The number of likely N-dealkylation sites (tertiary alicyclic amines) is 1. The number of aliphatic hydroxyl groups is 3. The molecule has 2 saturated heterocycles. The average molecular weight is 601 g/mol. The monoisotopic (exact) mass is 600 g/mol. The number of nitriles is 1. The lowest BCUT2D eigenvalue weighted by Crippen LogP contribution is -2.56. The number of nitrogens with zero attached hydrogens (tertiary/aromatic N) is 6. The number of carbonyl (C=O) groups is 1. The van der Waals surface area contributed by atoms with Crippen LogP contribution in [0.25, 0.3) is 11.3 Å². The van der Waals surface area contributed by atoms with Crippen molar-refractivity contribution in [3.63, 3.8) is 0 Å². The Morgan fingerprint density at radius 2 is 1.93 bits per heavy atom. The minimum atomic E-state index is -1.31. The van der Waals surface area contributed by atoms with Crippen molar-refractivity contribution in [2.24, 2.45) is 11.1 Å². The molecule has 2 aromatic rings. The number of hydrogen-bond donors (Lipinski definition) is 3. The summed E-state index contributed by atoms with van der Waals surface area (Å²) < 4.78 is 26.8. The number of ether oxygens (including phenoxy) is 2. The lowest BCUT2D eigenvalue weighted by atomic mass is 9.86. The summed E-state index contributed by atoms with van der Waals surface area (Å²) in [6.07, 6.45) is -1.39. The molecule has 232 valence electrons. The summed E-state index contributed by atoms with van der Waals surface area (Å²) in [5.41, 5.74) is 0.884. The van der Waals surface area contributed by atoms with Crippen LogP contribution in [0.5, 0.6) is 0 Å². The minimum absolute atomic E-state index is 0.104. The molecule has 3 aliphatic rings. The number of benzene rings is 1. The Hall–Kier alpha value is -3.64. The number of aliphatic hydroxyl groups excluding tert-OH is 3. The number of rotatable bonds is 6. The molecule has 3 aliphatic heterocycles. The summed E-state index contributed by atoms with van der Waals surface area (Å²) in [5.74, 6) is -0.547. The van der Waals surface area contributed by atoms with Crippen molar-refractivity contribution < 1.29 is 38.8 Å². The molecule has 1 unspecified atom stereocenters. The summed E-state index contributed by atoms with van der Waals surface area (Å²) >= 11 is 0. The van der Waals surface area contributed by atoms with Crippen LogP contribution >= 0.6 is 0 Å². The number of carbonyl (C=O) groups excluding carboxylic acids is 1. The normalized spacial score (nSPS) is 28.2. The maximum absolute atomic E-state index is 14.2. The van der Waals surface area contributed by atoms with Gasteiger partial charge in [0.1, 0.15) is 53.6 Å². The second-order valence-corrected chi connectivity index (χ2v) is 12.2. The van der Waals surface area contributed by atoms with Gasteiger partial charge in [-0.2, -0.15) is 5.26 Å². The zero-order valence-electron chi connectivity index (χ0n) is 24.3. The highest BCUT2D eigenvalue weighted by atomic mass is 19.1. The Balaban J connectivity index is 1.21. The van der Waals surface area contributed by atoms with Gasteiger partial charge in [-0.15, -0.1) is 5.10 Å². The number of oxime groups is 1. The van der Waals surface area contributed by atoms with Gasteiger partial charge in [0.15, 0.2) is 0 Å². The zero-order valence-corrected chi connectivity index (χ0v) is 24.3. The first-order valence-electron chi connectivity index (χ1n) is 14.4. The topological polar surface area (TPSA) is 176 Å². The van der Waals surface area contributed by atoms with E-state index < -0.39 is 48.5 Å². The second kappa shape index (κ2) is 12.5. The van der Waals surface area contributed by atoms with Crippen molar-refractivity contribution >= 4 is 11.8 Å². The molecule has 43 heavy (non-hydrogen) atoms. The number of aromatic nitrogens is 3. The maximum Gasteiger partial charge on any atom is 0.410 e. The Morgan fingerprint density at radius 1 is 1.21 bits per heavy atom. The van der Waals surface area contributed by atoms with Crippen LogP contribution in [-0.4, -0.2) is 103 Å². The number of amides is 1. The van der Waals surface area contributed by atoms with E-state index in [4.69, 9.17) is 19.6 Å². The van der Waals surface area contributed by atoms with Crippen molar-refractivity contribution in [1.29, 1.82) is 5.26 Å². The molecule has 1 amide bonds. The summed E-state index contributed by atoms with van der Waals surface area (Å²) in [7, 11) is 0. The maximum atomic E-state index is 14.2. The quantitative estimate of drug-likeness (QED) is 0.445. The van der Waals surface area contributed by atoms with E-state index >= 15 is 0 Å². The predicted octanol–water partition coefficient (Wildman–Crippen LogP) is 2.16. The third-order valence-corrected chi connectivity index (χ3v) is 8.06. The van der Waals surface area contributed by atoms with E-state index in [1.807, 2.05) is 20.8 Å². The summed E-state index contributed by atoms with van der Waals surface area (Å²) in [6.45, 7) is 6.13. The zero-order chi connectivity index (χ0) is 30.9. The number of piperidine rings is 1. The van der Waals surface area contributed by atoms with Crippen LogP contribution in [0.3, 0.4) is 0 Å². The first-order valence-corrected chi connectivity index (χ1v) is 14.4. The van der Waals surface area contributed by atoms with Crippen LogP contribution in [0.4, 0.5) is 9.18 Å². The predicted molar refractivity (Wildman–Crippen MR) is 149 cm³/mol. The fraction of sp³-hybridized carbons (Fsp3) is 0.621. The van der Waals surface area contributed by atoms with Crippen LogP contribution in [0.1, 0.15) is 58.1 Å². The first-order chi connectivity index (χ1) is 20.5. The molecule has 14 heteroatoms. The lowest BCUT2D eigenvalue weighted by molar-refractivity contribution is -0.212. The molecule has 0 saturated carbocycles. The highest BCUT2D eigenvalue weighted by Gasteiger charge is 2.47. The highest BCUT2D eigenvalue weighted by Crippen LogP contribution is 2.35. The molecule has 0 spiro atoms. The molecule has 2 fully saturated rings. The van der Waals surface area contributed by atoms with Gasteiger partial charge in [0.2, 0.25) is 0 Å². The van der Waals surface area contributed by atoms with Crippen molar-refractivity contribution in [1.82, 2.24) is 19.9 Å². The van der Waals surface area contributed by atoms with Crippen LogP contribution < -0.4 is 0 Å². The molecular weight excluding hydrogens is 563 g/mol. The highest BCUT2D eigenvalue weighted by molar-refractivity contribution is 5.88. The Morgan fingerprint density at radius 3 is 2.58 bits per heavy atom. The van der Waals surface area contributed by atoms with Gasteiger partial charge in [-0.1, -0.05) is 16.4 Å². The van der Waals surface area contributed by atoms with Crippen molar-refractivity contribution in [3.8, 4) is 17.3 Å². The molecule has 0 radical (unpaired) electrons.